The smallest absolute Gasteiger partial charge is 0.283 e. The van der Waals surface area contributed by atoms with Gasteiger partial charge in [0.05, 0.1) is 33.9 Å². The molecule has 4 aromatic heterocycles. The zero-order valence-corrected chi connectivity index (χ0v) is 19.2. The Labute approximate surface area is 193 Å². The Morgan fingerprint density at radius 3 is 2.70 bits per heavy atom. The van der Waals surface area contributed by atoms with Gasteiger partial charge in [-0.2, -0.15) is 4.68 Å². The van der Waals surface area contributed by atoms with Crippen molar-refractivity contribution < 1.29 is 4.42 Å². The van der Waals surface area contributed by atoms with Crippen LogP contribution in [-0.2, 0) is 13.1 Å². The van der Waals surface area contributed by atoms with Crippen LogP contribution in [0.4, 0.5) is 0 Å². The quantitative estimate of drug-likeness (QED) is 0.381. The molecule has 168 valence electrons. The van der Waals surface area contributed by atoms with Crippen molar-refractivity contribution in [1.82, 2.24) is 18.9 Å². The Morgan fingerprint density at radius 2 is 1.94 bits per heavy atom. The molecule has 0 amide bonds. The summed E-state index contributed by atoms with van der Waals surface area (Å²) >= 11 is 1.50. The predicted molar refractivity (Wildman–Crippen MR) is 129 cm³/mol. The number of fused-ring (bicyclic) bond motifs is 2. The number of thiazole rings is 1. The number of aryl methyl sites for hydroxylation is 1. The van der Waals surface area contributed by atoms with E-state index in [1.54, 1.807) is 27.6 Å². The Morgan fingerprint density at radius 1 is 1.12 bits per heavy atom. The van der Waals surface area contributed by atoms with Crippen LogP contribution < -0.4 is 11.1 Å². The molecular weight excluding hydrogens is 436 g/mol. The van der Waals surface area contributed by atoms with E-state index in [2.05, 4.69) is 0 Å². The molecule has 0 N–H and O–H groups in total. The molecule has 5 aromatic rings. The third-order valence-corrected chi connectivity index (χ3v) is 7.75. The van der Waals surface area contributed by atoms with E-state index < -0.39 is 0 Å². The van der Waals surface area contributed by atoms with Crippen molar-refractivity contribution in [3.8, 4) is 5.13 Å². The Bertz CT molecular complexity index is 1550. The largest absolute Gasteiger partial charge is 0.467 e. The standard InChI is InChI=1S/C25H24N4O3S/c1-16-23-20(13-22(30)27(16)15-18-9-6-12-32-18)28(14-17-7-2-3-8-17)29(24(23)31)25-26-19-10-4-5-11-21(19)33-25/h4-6,9-13,17H,2-3,7-8,14-15H2,1H3. The zero-order valence-electron chi connectivity index (χ0n) is 18.4. The predicted octanol–water partition coefficient (Wildman–Crippen LogP) is 4.70. The summed E-state index contributed by atoms with van der Waals surface area (Å²) < 4.78 is 11.8. The van der Waals surface area contributed by atoms with Gasteiger partial charge in [-0.25, -0.2) is 4.98 Å². The maximum absolute atomic E-state index is 13.9. The molecular formula is C25H24N4O3S. The zero-order chi connectivity index (χ0) is 22.5. The summed E-state index contributed by atoms with van der Waals surface area (Å²) in [6.45, 7) is 2.84. The van der Waals surface area contributed by atoms with E-state index in [0.717, 1.165) is 23.1 Å². The fourth-order valence-electron chi connectivity index (χ4n) is 5.06. The highest BCUT2D eigenvalue weighted by molar-refractivity contribution is 7.20. The van der Waals surface area contributed by atoms with E-state index in [9.17, 15) is 9.59 Å². The topological polar surface area (TPSA) is 75.0 Å². The summed E-state index contributed by atoms with van der Waals surface area (Å²) in [7, 11) is 0. The van der Waals surface area contributed by atoms with Crippen LogP contribution in [0, 0.1) is 12.8 Å². The molecule has 1 aliphatic rings. The Hall–Kier alpha value is -3.39. The summed E-state index contributed by atoms with van der Waals surface area (Å²) in [5.74, 6) is 1.17. The summed E-state index contributed by atoms with van der Waals surface area (Å²) in [5.41, 5.74) is 1.94. The molecule has 7 nitrogen and oxygen atoms in total. The number of nitrogens with zero attached hydrogens (tertiary/aromatic N) is 4. The van der Waals surface area contributed by atoms with Crippen molar-refractivity contribution in [3.05, 3.63) is 80.9 Å². The Balaban J connectivity index is 1.60. The minimum absolute atomic E-state index is 0.132. The maximum Gasteiger partial charge on any atom is 0.283 e. The highest BCUT2D eigenvalue weighted by Gasteiger charge is 2.25. The number of furan rings is 1. The minimum Gasteiger partial charge on any atom is -0.467 e. The van der Waals surface area contributed by atoms with Gasteiger partial charge in [0.1, 0.15) is 5.76 Å². The average Bonchev–Trinajstić information content (AvgIpc) is 3.59. The average molecular weight is 461 g/mol. The number of pyridine rings is 1. The molecule has 6 rings (SSSR count). The molecule has 0 bridgehead atoms. The molecule has 0 aliphatic heterocycles. The van der Waals surface area contributed by atoms with Gasteiger partial charge in [-0.3, -0.25) is 14.3 Å². The first-order valence-electron chi connectivity index (χ1n) is 11.3. The molecule has 0 spiro atoms. The van der Waals surface area contributed by atoms with Gasteiger partial charge in [-0.1, -0.05) is 36.3 Å². The molecule has 0 saturated heterocycles. The lowest BCUT2D eigenvalue weighted by Gasteiger charge is -2.15. The molecule has 8 heteroatoms. The van der Waals surface area contributed by atoms with Crippen molar-refractivity contribution in [1.29, 1.82) is 0 Å². The summed E-state index contributed by atoms with van der Waals surface area (Å²) in [4.78, 5) is 31.8. The van der Waals surface area contributed by atoms with E-state index in [0.29, 0.717) is 46.5 Å². The number of aromatic nitrogens is 4. The normalized spacial score (nSPS) is 14.7. The molecule has 0 unspecified atom stereocenters. The van der Waals surface area contributed by atoms with Crippen molar-refractivity contribution >= 4 is 32.5 Å². The van der Waals surface area contributed by atoms with E-state index >= 15 is 0 Å². The van der Waals surface area contributed by atoms with Gasteiger partial charge >= 0.3 is 0 Å². The van der Waals surface area contributed by atoms with Crippen molar-refractivity contribution in [2.45, 2.75) is 45.7 Å². The van der Waals surface area contributed by atoms with E-state index in [1.807, 2.05) is 41.9 Å². The van der Waals surface area contributed by atoms with Gasteiger partial charge in [0.25, 0.3) is 11.1 Å². The molecule has 1 aromatic carbocycles. The van der Waals surface area contributed by atoms with Crippen LogP contribution in [0.5, 0.6) is 0 Å². The summed E-state index contributed by atoms with van der Waals surface area (Å²) in [6.07, 6.45) is 6.30. The molecule has 4 heterocycles. The van der Waals surface area contributed by atoms with E-state index in [1.165, 1.54) is 24.2 Å². The second kappa shape index (κ2) is 7.88. The first-order chi connectivity index (χ1) is 16.1. The molecule has 0 radical (unpaired) electrons. The highest BCUT2D eigenvalue weighted by Crippen LogP contribution is 2.30. The van der Waals surface area contributed by atoms with Crippen molar-refractivity contribution in [3.63, 3.8) is 0 Å². The number of rotatable bonds is 5. The van der Waals surface area contributed by atoms with Crippen LogP contribution in [0.15, 0.2) is 62.7 Å². The SMILES string of the molecule is Cc1c2c(=O)n(-c3nc4ccccc4s3)n(CC3CCCC3)c2cc(=O)n1Cc1ccco1. The molecule has 1 fully saturated rings. The Kier molecular flexibility index (Phi) is 4.83. The maximum atomic E-state index is 13.9. The highest BCUT2D eigenvalue weighted by atomic mass is 32.1. The number of hydrogen-bond acceptors (Lipinski definition) is 5. The van der Waals surface area contributed by atoms with Crippen LogP contribution in [0.2, 0.25) is 0 Å². The molecule has 33 heavy (non-hydrogen) atoms. The van der Waals surface area contributed by atoms with Crippen molar-refractivity contribution in [2.24, 2.45) is 5.92 Å². The summed E-state index contributed by atoms with van der Waals surface area (Å²) in [6, 6.07) is 13.1. The second-order valence-corrected chi connectivity index (χ2v) is 9.82. The molecule has 1 aliphatic carbocycles. The third kappa shape index (κ3) is 3.36. The van der Waals surface area contributed by atoms with Crippen LogP contribution in [0.25, 0.3) is 26.3 Å². The van der Waals surface area contributed by atoms with Gasteiger partial charge in [-0.15, -0.1) is 0 Å². The van der Waals surface area contributed by atoms with Gasteiger partial charge in [0.15, 0.2) is 0 Å². The van der Waals surface area contributed by atoms with Crippen LogP contribution >= 0.6 is 11.3 Å². The van der Waals surface area contributed by atoms with Gasteiger partial charge in [0.2, 0.25) is 5.13 Å². The van der Waals surface area contributed by atoms with Gasteiger partial charge < -0.3 is 8.98 Å². The van der Waals surface area contributed by atoms with E-state index in [4.69, 9.17) is 9.40 Å². The first kappa shape index (κ1) is 20.2. The monoisotopic (exact) mass is 460 g/mol. The number of benzene rings is 1. The first-order valence-corrected chi connectivity index (χ1v) is 12.2. The molecule has 0 atom stereocenters. The van der Waals surface area contributed by atoms with Crippen molar-refractivity contribution in [2.75, 3.05) is 0 Å². The molecule has 1 saturated carbocycles. The van der Waals surface area contributed by atoms with Gasteiger partial charge in [-0.05, 0) is 49.9 Å². The number of hydrogen-bond donors (Lipinski definition) is 0. The lowest BCUT2D eigenvalue weighted by Crippen LogP contribution is -2.24. The lowest BCUT2D eigenvalue weighted by atomic mass is 10.1. The summed E-state index contributed by atoms with van der Waals surface area (Å²) in [5, 5.41) is 1.21. The lowest BCUT2D eigenvalue weighted by molar-refractivity contribution is 0.413. The number of para-hydroxylation sites is 1. The van der Waals surface area contributed by atoms with Gasteiger partial charge in [0, 0.05) is 18.3 Å². The third-order valence-electron chi connectivity index (χ3n) is 6.74. The van der Waals surface area contributed by atoms with Crippen LogP contribution in [-0.4, -0.2) is 18.9 Å². The fraction of sp³-hybridized carbons (Fsp3) is 0.320. The fourth-order valence-corrected chi connectivity index (χ4v) is 6.03. The van der Waals surface area contributed by atoms with Crippen LogP contribution in [0.3, 0.4) is 0 Å². The van der Waals surface area contributed by atoms with E-state index in [-0.39, 0.29) is 11.1 Å². The minimum atomic E-state index is -0.141. The second-order valence-electron chi connectivity index (χ2n) is 8.81. The van der Waals surface area contributed by atoms with Crippen LogP contribution in [0.1, 0.15) is 37.1 Å².